The Morgan fingerprint density at radius 3 is 1.07 bits per heavy atom. The molecule has 0 bridgehead atoms. The van der Waals surface area contributed by atoms with E-state index in [2.05, 4.69) is 29.9 Å². The van der Waals surface area contributed by atoms with Gasteiger partial charge in [0.15, 0.2) is 46.5 Å². The molecule has 4 heterocycles. The van der Waals surface area contributed by atoms with E-state index in [-0.39, 0.29) is 0 Å². The van der Waals surface area contributed by atoms with Crippen molar-refractivity contribution >= 4 is 45.2 Å². The largest absolute Gasteiger partial charge is 0.345 e. The second-order valence-corrected chi connectivity index (χ2v) is 10.4. The van der Waals surface area contributed by atoms with Crippen molar-refractivity contribution in [3.63, 3.8) is 0 Å². The van der Waals surface area contributed by atoms with Gasteiger partial charge in [-0.3, -0.25) is 9.97 Å². The Morgan fingerprint density at radius 1 is 0.477 bits per heavy atom. The molecule has 0 aliphatic heterocycles. The highest BCUT2D eigenvalue weighted by atomic mass is 127. The van der Waals surface area contributed by atoms with Gasteiger partial charge in [0.1, 0.15) is 11.6 Å². The maximum atomic E-state index is 13.7. The highest BCUT2D eigenvalue weighted by Crippen LogP contribution is 2.38. The van der Waals surface area contributed by atoms with Crippen LogP contribution < -0.4 is 0 Å². The fourth-order valence-corrected chi connectivity index (χ4v) is 4.45. The van der Waals surface area contributed by atoms with Gasteiger partial charge in [-0.25, -0.2) is 45.1 Å². The van der Waals surface area contributed by atoms with Crippen LogP contribution in [0.15, 0.2) is 73.8 Å². The highest BCUT2D eigenvalue weighted by Gasteiger charge is 2.33. The average Bonchev–Trinajstić information content (AvgIpc) is 3.80. The summed E-state index contributed by atoms with van der Waals surface area (Å²) in [6.45, 7) is 0. The maximum absolute atomic E-state index is 13.7. The fourth-order valence-electron chi connectivity index (χ4n) is 3.50. The summed E-state index contributed by atoms with van der Waals surface area (Å²) in [5.41, 5.74) is -1.70. The van der Waals surface area contributed by atoms with Crippen LogP contribution in [-0.4, -0.2) is 29.9 Å². The molecular weight excluding hydrogens is 826 g/mol. The van der Waals surface area contributed by atoms with Gasteiger partial charge in [0.25, 0.3) is 0 Å². The Balaban J connectivity index is 0.000000167. The SMILES string of the molecule is Fc1c(F)c(-c2c(F)c(F)c(I)c(F)c2F)c(F)c(F)c1I.c1cncc(-c2ncc[nH]2)c1.c1cncc(-c2ncc[nH]2)c1. The maximum Gasteiger partial charge on any atom is 0.175 e. The van der Waals surface area contributed by atoms with Crippen LogP contribution in [-0.2, 0) is 0 Å². The predicted octanol–water partition coefficient (Wildman–Crippen LogP) is 8.62. The summed E-state index contributed by atoms with van der Waals surface area (Å²) in [6, 6.07) is 7.70. The minimum Gasteiger partial charge on any atom is -0.345 e. The molecule has 6 rings (SSSR count). The van der Waals surface area contributed by atoms with Gasteiger partial charge in [0.05, 0.1) is 18.3 Å². The Labute approximate surface area is 270 Å². The molecule has 0 radical (unpaired) electrons. The Bertz CT molecular complexity index is 1660. The molecule has 226 valence electrons. The van der Waals surface area contributed by atoms with Crippen LogP contribution in [0.1, 0.15) is 0 Å². The third-order valence-electron chi connectivity index (χ3n) is 5.54. The molecule has 0 saturated heterocycles. The summed E-state index contributed by atoms with van der Waals surface area (Å²) >= 11 is 1.85. The van der Waals surface area contributed by atoms with Crippen molar-refractivity contribution in [1.82, 2.24) is 29.9 Å². The lowest BCUT2D eigenvalue weighted by atomic mass is 10.0. The molecule has 6 aromatic rings. The van der Waals surface area contributed by atoms with Crippen molar-refractivity contribution in [1.29, 1.82) is 0 Å². The second-order valence-electron chi connectivity index (χ2n) is 8.25. The molecule has 2 aromatic carbocycles. The standard InChI is InChI=1S/C12F8I2.2C8H7N3/c13-3-1(4(14)8(18)11(21)7(3)17)2-5(15)9(19)12(22)10(20)6(2)16;2*1-2-7(6-9-3-1)8-10-4-5-11-8/h;2*1-6H,(H,10,11). The van der Waals surface area contributed by atoms with E-state index in [1.54, 1.807) is 49.6 Å². The molecule has 16 heteroatoms. The molecule has 2 N–H and O–H groups in total. The first kappa shape index (κ1) is 33.0. The number of H-pyrrole nitrogens is 2. The highest BCUT2D eigenvalue weighted by molar-refractivity contribution is 14.1. The van der Waals surface area contributed by atoms with Gasteiger partial charge < -0.3 is 9.97 Å². The Hall–Kier alpha value is -3.94. The normalized spacial score (nSPS) is 10.5. The number of halogens is 10. The average molecular weight is 840 g/mol. The summed E-state index contributed by atoms with van der Waals surface area (Å²) in [4.78, 5) is 22.1. The third-order valence-corrected chi connectivity index (χ3v) is 7.43. The zero-order chi connectivity index (χ0) is 32.0. The van der Waals surface area contributed by atoms with E-state index in [1.165, 1.54) is 0 Å². The first-order valence-electron chi connectivity index (χ1n) is 11.9. The molecule has 44 heavy (non-hydrogen) atoms. The monoisotopic (exact) mass is 840 g/mol. The van der Waals surface area contributed by atoms with E-state index in [4.69, 9.17) is 0 Å². The quantitative estimate of drug-likeness (QED) is 0.0810. The van der Waals surface area contributed by atoms with Gasteiger partial charge in [-0.05, 0) is 69.4 Å². The summed E-state index contributed by atoms with van der Waals surface area (Å²) < 4.78 is 107. The van der Waals surface area contributed by atoms with Crippen LogP contribution in [0.3, 0.4) is 0 Å². The first-order valence-corrected chi connectivity index (χ1v) is 14.0. The van der Waals surface area contributed by atoms with E-state index in [0.29, 0.717) is 0 Å². The number of nitrogens with zero attached hydrogens (tertiary/aromatic N) is 4. The summed E-state index contributed by atoms with van der Waals surface area (Å²) in [6.07, 6.45) is 14.1. The second kappa shape index (κ2) is 14.7. The molecular formula is C28H14F8I2N6. The smallest absolute Gasteiger partial charge is 0.175 e. The molecule has 0 aliphatic carbocycles. The molecule has 0 amide bonds. The molecule has 0 spiro atoms. The Kier molecular flexibility index (Phi) is 11.0. The number of aromatic nitrogens is 6. The lowest BCUT2D eigenvalue weighted by Gasteiger charge is -2.12. The van der Waals surface area contributed by atoms with E-state index in [9.17, 15) is 35.1 Å². The lowest BCUT2D eigenvalue weighted by Crippen LogP contribution is -2.09. The first-order chi connectivity index (χ1) is 21.0. The van der Waals surface area contributed by atoms with Crippen molar-refractivity contribution in [2.75, 3.05) is 0 Å². The van der Waals surface area contributed by atoms with E-state index < -0.39 is 64.8 Å². The zero-order valence-corrected chi connectivity index (χ0v) is 25.8. The predicted molar refractivity (Wildman–Crippen MR) is 161 cm³/mol. The van der Waals surface area contributed by atoms with Crippen LogP contribution in [0.4, 0.5) is 35.1 Å². The summed E-state index contributed by atoms with van der Waals surface area (Å²) in [5.74, 6) is -14.7. The van der Waals surface area contributed by atoms with Crippen LogP contribution >= 0.6 is 45.2 Å². The van der Waals surface area contributed by atoms with Crippen LogP contribution in [0, 0.1) is 53.7 Å². The van der Waals surface area contributed by atoms with Gasteiger partial charge in [-0.15, -0.1) is 0 Å². The number of aromatic amines is 2. The van der Waals surface area contributed by atoms with Gasteiger partial charge in [0, 0.05) is 60.7 Å². The number of pyridine rings is 2. The number of rotatable bonds is 3. The van der Waals surface area contributed by atoms with Crippen LogP contribution in [0.5, 0.6) is 0 Å². The summed E-state index contributed by atoms with van der Waals surface area (Å²) in [7, 11) is 0. The number of hydrogen-bond donors (Lipinski definition) is 2. The van der Waals surface area contributed by atoms with Crippen molar-refractivity contribution in [2.45, 2.75) is 0 Å². The zero-order valence-electron chi connectivity index (χ0n) is 21.5. The van der Waals surface area contributed by atoms with Crippen molar-refractivity contribution in [2.24, 2.45) is 0 Å². The molecule has 0 fully saturated rings. The van der Waals surface area contributed by atoms with Crippen molar-refractivity contribution < 1.29 is 35.1 Å². The number of nitrogens with one attached hydrogen (secondary N) is 2. The topological polar surface area (TPSA) is 83.1 Å². The minimum atomic E-state index is -2.17. The third kappa shape index (κ3) is 7.06. The van der Waals surface area contributed by atoms with Crippen LogP contribution in [0.25, 0.3) is 33.9 Å². The number of hydrogen-bond acceptors (Lipinski definition) is 4. The van der Waals surface area contributed by atoms with Gasteiger partial charge in [0.2, 0.25) is 0 Å². The van der Waals surface area contributed by atoms with Crippen molar-refractivity contribution in [3.8, 4) is 33.9 Å². The van der Waals surface area contributed by atoms with Crippen molar-refractivity contribution in [3.05, 3.63) is 128 Å². The molecule has 6 nitrogen and oxygen atoms in total. The Morgan fingerprint density at radius 2 is 0.818 bits per heavy atom. The molecule has 4 aromatic heterocycles. The molecule has 0 atom stereocenters. The lowest BCUT2D eigenvalue weighted by molar-refractivity contribution is 0.433. The number of benzene rings is 2. The van der Waals surface area contributed by atoms with Crippen LogP contribution in [0.2, 0.25) is 0 Å². The summed E-state index contributed by atoms with van der Waals surface area (Å²) in [5, 5.41) is 0. The van der Waals surface area contributed by atoms with E-state index in [0.717, 1.165) is 68.0 Å². The minimum absolute atomic E-state index is 0.859. The van der Waals surface area contributed by atoms with Gasteiger partial charge >= 0.3 is 0 Å². The van der Waals surface area contributed by atoms with Gasteiger partial charge in [-0.1, -0.05) is 0 Å². The fraction of sp³-hybridized carbons (Fsp3) is 0. The molecule has 0 unspecified atom stereocenters. The van der Waals surface area contributed by atoms with Gasteiger partial charge in [-0.2, -0.15) is 0 Å². The van der Waals surface area contributed by atoms with E-state index >= 15 is 0 Å². The molecule has 0 aliphatic rings. The van der Waals surface area contributed by atoms with E-state index in [1.807, 2.05) is 24.3 Å². The number of imidazole rings is 2. The molecule has 0 saturated carbocycles.